The number of hydrogen-bond donors (Lipinski definition) is 2. The van der Waals surface area contributed by atoms with Crippen LogP contribution in [0.25, 0.3) is 0 Å². The van der Waals surface area contributed by atoms with Gasteiger partial charge in [-0.2, -0.15) is 13.2 Å². The number of nitrogens with one attached hydrogen (secondary N) is 1. The first-order chi connectivity index (χ1) is 11.4. The van der Waals surface area contributed by atoms with Crippen molar-refractivity contribution in [2.24, 2.45) is 5.92 Å². The molecule has 0 aliphatic heterocycles. The highest BCUT2D eigenvalue weighted by atomic mass is 19.4. The molecule has 2 aromatic rings. The van der Waals surface area contributed by atoms with E-state index in [0.29, 0.717) is 6.42 Å². The molecule has 0 spiro atoms. The summed E-state index contributed by atoms with van der Waals surface area (Å²) in [6.45, 7) is -0.271. The number of aliphatic hydroxyl groups excluding tert-OH is 1. The summed E-state index contributed by atoms with van der Waals surface area (Å²) in [5, 5.41) is 12.5. The maximum absolute atomic E-state index is 12.9. The second-order valence-corrected chi connectivity index (χ2v) is 5.81. The van der Waals surface area contributed by atoms with Crippen molar-refractivity contribution in [3.63, 3.8) is 0 Å². The lowest BCUT2D eigenvalue weighted by Crippen LogP contribution is -2.30. The quantitative estimate of drug-likeness (QED) is 0.879. The molecule has 0 saturated heterocycles. The molecular formula is C17H16F3NO3. The smallest absolute Gasteiger partial charge is 0.416 e. The van der Waals surface area contributed by atoms with Gasteiger partial charge in [0.15, 0.2) is 0 Å². The van der Waals surface area contributed by atoms with E-state index < -0.39 is 17.8 Å². The molecule has 128 valence electrons. The van der Waals surface area contributed by atoms with Crippen LogP contribution in [0.4, 0.5) is 13.2 Å². The van der Waals surface area contributed by atoms with Crippen molar-refractivity contribution in [2.75, 3.05) is 6.54 Å². The van der Waals surface area contributed by atoms with Crippen molar-refractivity contribution in [1.82, 2.24) is 5.32 Å². The van der Waals surface area contributed by atoms with Crippen LogP contribution in [0.15, 0.2) is 47.1 Å². The molecule has 0 unspecified atom stereocenters. The molecule has 1 fully saturated rings. The molecule has 0 bridgehead atoms. The molecule has 1 aromatic carbocycles. The average molecular weight is 339 g/mol. The Morgan fingerprint density at radius 1 is 1.29 bits per heavy atom. The van der Waals surface area contributed by atoms with Crippen LogP contribution in [-0.2, 0) is 11.0 Å². The molecule has 1 aliphatic carbocycles. The number of amides is 1. The average Bonchev–Trinajstić information content (AvgIpc) is 3.17. The molecule has 1 aromatic heterocycles. The summed E-state index contributed by atoms with van der Waals surface area (Å²) in [6, 6.07) is 8.32. The van der Waals surface area contributed by atoms with E-state index >= 15 is 0 Å². The van der Waals surface area contributed by atoms with Gasteiger partial charge in [-0.3, -0.25) is 4.79 Å². The predicted octanol–water partition coefficient (Wildman–Crippen LogP) is 3.25. The van der Waals surface area contributed by atoms with Gasteiger partial charge >= 0.3 is 6.18 Å². The molecular weight excluding hydrogens is 323 g/mol. The number of carbonyl (C=O) groups is 1. The number of furan rings is 1. The summed E-state index contributed by atoms with van der Waals surface area (Å²) in [5.41, 5.74) is -1.14. The number of halogens is 3. The van der Waals surface area contributed by atoms with E-state index in [4.69, 9.17) is 4.42 Å². The van der Waals surface area contributed by atoms with Crippen molar-refractivity contribution >= 4 is 5.91 Å². The third-order valence-corrected chi connectivity index (χ3v) is 4.13. The highest BCUT2D eigenvalue weighted by molar-refractivity contribution is 5.82. The summed E-state index contributed by atoms with van der Waals surface area (Å²) >= 11 is 0. The van der Waals surface area contributed by atoms with Gasteiger partial charge in [0, 0.05) is 18.4 Å². The van der Waals surface area contributed by atoms with Crippen LogP contribution < -0.4 is 5.32 Å². The fourth-order valence-electron chi connectivity index (χ4n) is 2.79. The SMILES string of the molecule is O=C(NC[C@H](O)c1ccccc1C(F)(F)F)[C@H]1C[C@@H]1c1ccco1. The van der Waals surface area contributed by atoms with Crippen LogP contribution in [0.1, 0.15) is 35.3 Å². The lowest BCUT2D eigenvalue weighted by Gasteiger charge is -2.17. The first kappa shape index (κ1) is 16.6. The van der Waals surface area contributed by atoms with E-state index in [0.717, 1.165) is 11.8 Å². The minimum absolute atomic E-state index is 0.000366. The van der Waals surface area contributed by atoms with E-state index in [1.54, 1.807) is 12.1 Å². The number of benzene rings is 1. The number of rotatable bonds is 5. The zero-order valence-electron chi connectivity index (χ0n) is 12.6. The molecule has 3 atom stereocenters. The van der Waals surface area contributed by atoms with Crippen molar-refractivity contribution in [1.29, 1.82) is 0 Å². The number of alkyl halides is 3. The molecule has 1 heterocycles. The summed E-state index contributed by atoms with van der Waals surface area (Å²) in [4.78, 5) is 12.0. The Morgan fingerprint density at radius 3 is 2.71 bits per heavy atom. The predicted molar refractivity (Wildman–Crippen MR) is 79.0 cm³/mol. The lowest BCUT2D eigenvalue weighted by atomic mass is 10.0. The first-order valence-corrected chi connectivity index (χ1v) is 7.53. The third-order valence-electron chi connectivity index (χ3n) is 4.13. The summed E-state index contributed by atoms with van der Waals surface area (Å²) in [6.07, 6.45) is -3.81. The maximum atomic E-state index is 12.9. The van der Waals surface area contributed by atoms with Gasteiger partial charge in [-0.25, -0.2) is 0 Å². The Balaban J connectivity index is 1.59. The molecule has 2 N–H and O–H groups in total. The Bertz CT molecular complexity index is 712. The summed E-state index contributed by atoms with van der Waals surface area (Å²) in [7, 11) is 0. The minimum Gasteiger partial charge on any atom is -0.469 e. The second-order valence-electron chi connectivity index (χ2n) is 5.81. The van der Waals surface area contributed by atoms with Gasteiger partial charge in [0.1, 0.15) is 5.76 Å². The first-order valence-electron chi connectivity index (χ1n) is 7.53. The fourth-order valence-corrected chi connectivity index (χ4v) is 2.79. The maximum Gasteiger partial charge on any atom is 0.416 e. The number of carbonyl (C=O) groups excluding carboxylic acids is 1. The van der Waals surface area contributed by atoms with Crippen LogP contribution in [0.5, 0.6) is 0 Å². The van der Waals surface area contributed by atoms with Gasteiger partial charge in [0.05, 0.1) is 17.9 Å². The van der Waals surface area contributed by atoms with Crippen molar-refractivity contribution in [3.05, 3.63) is 59.5 Å². The Morgan fingerprint density at radius 2 is 2.04 bits per heavy atom. The molecule has 3 rings (SSSR count). The van der Waals surface area contributed by atoms with Crippen LogP contribution in [0.2, 0.25) is 0 Å². The Hall–Kier alpha value is -2.28. The molecule has 4 nitrogen and oxygen atoms in total. The van der Waals surface area contributed by atoms with E-state index in [1.807, 2.05) is 0 Å². The van der Waals surface area contributed by atoms with Crippen molar-refractivity contribution in [2.45, 2.75) is 24.6 Å². The molecule has 1 amide bonds. The second kappa shape index (κ2) is 6.32. The van der Waals surface area contributed by atoms with Crippen LogP contribution in [-0.4, -0.2) is 17.6 Å². The topological polar surface area (TPSA) is 62.5 Å². The lowest BCUT2D eigenvalue weighted by molar-refractivity contribution is -0.139. The molecule has 24 heavy (non-hydrogen) atoms. The van der Waals surface area contributed by atoms with Crippen LogP contribution >= 0.6 is 0 Å². The summed E-state index contributed by atoms with van der Waals surface area (Å²) < 4.78 is 44.1. The van der Waals surface area contributed by atoms with Gasteiger partial charge < -0.3 is 14.8 Å². The van der Waals surface area contributed by atoms with Gasteiger partial charge in [-0.05, 0) is 30.2 Å². The molecule has 1 saturated carbocycles. The molecule has 0 radical (unpaired) electrons. The van der Waals surface area contributed by atoms with E-state index in [-0.39, 0.29) is 29.9 Å². The number of hydrogen-bond acceptors (Lipinski definition) is 3. The zero-order valence-corrected chi connectivity index (χ0v) is 12.6. The normalized spacial score (nSPS) is 21.3. The van der Waals surface area contributed by atoms with Gasteiger partial charge in [-0.1, -0.05) is 18.2 Å². The standard InChI is InChI=1S/C17H16F3NO3/c18-17(19,20)13-5-2-1-4-10(13)14(22)9-21-16(23)12-8-11(12)15-6-3-7-24-15/h1-7,11-12,14,22H,8-9H2,(H,21,23)/t11-,12-,14-/m0/s1. The zero-order chi connectivity index (χ0) is 17.3. The summed E-state index contributed by atoms with van der Waals surface area (Å²) in [5.74, 6) is 0.166. The van der Waals surface area contributed by atoms with Crippen LogP contribution in [0.3, 0.4) is 0 Å². The Labute approximate surface area is 136 Å². The fraction of sp³-hybridized carbons (Fsp3) is 0.353. The van der Waals surface area contributed by atoms with Crippen LogP contribution in [0, 0.1) is 5.92 Å². The van der Waals surface area contributed by atoms with Gasteiger partial charge in [0.2, 0.25) is 5.91 Å². The highest BCUT2D eigenvalue weighted by Gasteiger charge is 2.45. The van der Waals surface area contributed by atoms with E-state index in [9.17, 15) is 23.1 Å². The van der Waals surface area contributed by atoms with E-state index in [2.05, 4.69) is 5.32 Å². The van der Waals surface area contributed by atoms with Gasteiger partial charge in [-0.15, -0.1) is 0 Å². The molecule has 7 heteroatoms. The third kappa shape index (κ3) is 3.46. The highest BCUT2D eigenvalue weighted by Crippen LogP contribution is 2.47. The van der Waals surface area contributed by atoms with E-state index in [1.165, 1.54) is 24.5 Å². The van der Waals surface area contributed by atoms with Crippen molar-refractivity contribution < 1.29 is 27.5 Å². The van der Waals surface area contributed by atoms with Crippen molar-refractivity contribution in [3.8, 4) is 0 Å². The minimum atomic E-state index is -4.55. The number of aliphatic hydroxyl groups is 1. The Kier molecular flexibility index (Phi) is 4.36. The van der Waals surface area contributed by atoms with Gasteiger partial charge in [0.25, 0.3) is 0 Å². The largest absolute Gasteiger partial charge is 0.469 e. The monoisotopic (exact) mass is 339 g/mol. The molecule has 1 aliphatic rings.